The van der Waals surface area contributed by atoms with E-state index < -0.39 is 0 Å². The maximum Gasteiger partial charge on any atom is 0.252 e. The molecular weight excluding hydrogens is 348 g/mol. The van der Waals surface area contributed by atoms with Gasteiger partial charge in [-0.1, -0.05) is 12.1 Å². The standard InChI is InChI=1S/C20H24N2O3S/c1-25-18-6-2-4-15(13-18)12-17-5-3-10-22(17)19(23)7-9-21-20(24)16-8-11-26-14-16/h2,4,6,8,11,13-14,17H,3,5,7,9-10,12H2,1H3,(H,21,24). The van der Waals surface area contributed by atoms with Gasteiger partial charge in [0.1, 0.15) is 5.75 Å². The highest BCUT2D eigenvalue weighted by Gasteiger charge is 2.28. The Morgan fingerprint density at radius 2 is 2.23 bits per heavy atom. The molecule has 1 fully saturated rings. The molecule has 1 N–H and O–H groups in total. The highest BCUT2D eigenvalue weighted by Crippen LogP contribution is 2.23. The van der Waals surface area contributed by atoms with Gasteiger partial charge < -0.3 is 15.0 Å². The molecule has 2 aromatic rings. The third-order valence-corrected chi connectivity index (χ3v) is 5.39. The van der Waals surface area contributed by atoms with Crippen LogP contribution in [0.15, 0.2) is 41.1 Å². The number of carbonyl (C=O) groups excluding carboxylic acids is 2. The summed E-state index contributed by atoms with van der Waals surface area (Å²) in [6, 6.07) is 10.0. The van der Waals surface area contributed by atoms with Gasteiger partial charge in [-0.05, 0) is 48.4 Å². The number of likely N-dealkylation sites (tertiary alicyclic amines) is 1. The van der Waals surface area contributed by atoms with Crippen molar-refractivity contribution in [3.05, 3.63) is 52.2 Å². The van der Waals surface area contributed by atoms with Crippen LogP contribution in [0.5, 0.6) is 5.75 Å². The second-order valence-corrected chi connectivity index (χ2v) is 7.24. The Kier molecular flexibility index (Phi) is 6.28. The Morgan fingerprint density at radius 1 is 1.35 bits per heavy atom. The monoisotopic (exact) mass is 372 g/mol. The average molecular weight is 372 g/mol. The number of rotatable bonds is 7. The fraction of sp³-hybridized carbons (Fsp3) is 0.400. The van der Waals surface area contributed by atoms with E-state index in [-0.39, 0.29) is 17.9 Å². The highest BCUT2D eigenvalue weighted by atomic mass is 32.1. The highest BCUT2D eigenvalue weighted by molar-refractivity contribution is 7.08. The van der Waals surface area contributed by atoms with Gasteiger partial charge in [0.2, 0.25) is 5.91 Å². The van der Waals surface area contributed by atoms with E-state index in [0.29, 0.717) is 18.5 Å². The Bertz CT molecular complexity index is 745. The van der Waals surface area contributed by atoms with Crippen LogP contribution in [-0.4, -0.2) is 43.0 Å². The van der Waals surface area contributed by atoms with Crippen LogP contribution >= 0.6 is 11.3 Å². The Labute approximate surface area is 158 Å². The second-order valence-electron chi connectivity index (χ2n) is 6.46. The number of carbonyl (C=O) groups is 2. The molecule has 1 saturated heterocycles. The minimum Gasteiger partial charge on any atom is -0.497 e. The number of benzene rings is 1. The molecular formula is C20H24N2O3S. The van der Waals surface area contributed by atoms with Crippen LogP contribution in [0.25, 0.3) is 0 Å². The van der Waals surface area contributed by atoms with E-state index in [4.69, 9.17) is 4.74 Å². The van der Waals surface area contributed by atoms with E-state index in [1.165, 1.54) is 16.9 Å². The first kappa shape index (κ1) is 18.5. The minimum atomic E-state index is -0.117. The summed E-state index contributed by atoms with van der Waals surface area (Å²) in [6.45, 7) is 1.17. The summed E-state index contributed by atoms with van der Waals surface area (Å²) in [5, 5.41) is 6.50. The van der Waals surface area contributed by atoms with Crippen molar-refractivity contribution in [3.8, 4) is 5.75 Å². The van der Waals surface area contributed by atoms with Crippen LogP contribution in [-0.2, 0) is 11.2 Å². The number of methoxy groups -OCH3 is 1. The molecule has 6 heteroatoms. The molecule has 1 aliphatic rings. The van der Waals surface area contributed by atoms with Gasteiger partial charge in [-0.2, -0.15) is 11.3 Å². The van der Waals surface area contributed by atoms with Crippen LogP contribution in [0.2, 0.25) is 0 Å². The first-order valence-electron chi connectivity index (χ1n) is 8.90. The molecule has 0 bridgehead atoms. The lowest BCUT2D eigenvalue weighted by Gasteiger charge is -2.25. The molecule has 0 spiro atoms. The van der Waals surface area contributed by atoms with Crippen molar-refractivity contribution in [2.45, 2.75) is 31.7 Å². The molecule has 138 valence electrons. The maximum atomic E-state index is 12.6. The first-order valence-corrected chi connectivity index (χ1v) is 9.84. The lowest BCUT2D eigenvalue weighted by atomic mass is 10.0. The van der Waals surface area contributed by atoms with E-state index >= 15 is 0 Å². The normalized spacial score (nSPS) is 16.5. The molecule has 3 rings (SSSR count). The predicted molar refractivity (Wildman–Crippen MR) is 103 cm³/mol. The van der Waals surface area contributed by atoms with Crippen molar-refractivity contribution >= 4 is 23.2 Å². The molecule has 1 aromatic carbocycles. The molecule has 1 atom stereocenters. The van der Waals surface area contributed by atoms with Gasteiger partial charge in [0, 0.05) is 36.5 Å². The third kappa shape index (κ3) is 4.64. The molecule has 0 saturated carbocycles. The molecule has 26 heavy (non-hydrogen) atoms. The lowest BCUT2D eigenvalue weighted by Crippen LogP contribution is -2.38. The largest absolute Gasteiger partial charge is 0.497 e. The van der Waals surface area contributed by atoms with Gasteiger partial charge in [-0.15, -0.1) is 0 Å². The fourth-order valence-electron chi connectivity index (χ4n) is 3.37. The van der Waals surface area contributed by atoms with Crippen molar-refractivity contribution < 1.29 is 14.3 Å². The Balaban J connectivity index is 1.50. The summed E-state index contributed by atoms with van der Waals surface area (Å²) >= 11 is 1.49. The van der Waals surface area contributed by atoms with Crippen LogP contribution in [0, 0.1) is 0 Å². The van der Waals surface area contributed by atoms with Gasteiger partial charge >= 0.3 is 0 Å². The zero-order valence-electron chi connectivity index (χ0n) is 14.9. The predicted octanol–water partition coefficient (Wildman–Crippen LogP) is 3.11. The molecule has 5 nitrogen and oxygen atoms in total. The van der Waals surface area contributed by atoms with Gasteiger partial charge in [-0.25, -0.2) is 0 Å². The number of thiophene rings is 1. The summed E-state index contributed by atoms with van der Waals surface area (Å²) in [4.78, 5) is 26.5. The number of hydrogen-bond donors (Lipinski definition) is 1. The number of amides is 2. The summed E-state index contributed by atoms with van der Waals surface area (Å²) < 4.78 is 5.28. The van der Waals surface area contributed by atoms with Crippen molar-refractivity contribution in [2.75, 3.05) is 20.2 Å². The van der Waals surface area contributed by atoms with Crippen LogP contribution in [0.1, 0.15) is 35.2 Å². The second kappa shape index (κ2) is 8.85. The topological polar surface area (TPSA) is 58.6 Å². The van der Waals surface area contributed by atoms with Crippen molar-refractivity contribution in [3.63, 3.8) is 0 Å². The lowest BCUT2D eigenvalue weighted by molar-refractivity contribution is -0.131. The molecule has 0 radical (unpaired) electrons. The third-order valence-electron chi connectivity index (χ3n) is 4.71. The summed E-state index contributed by atoms with van der Waals surface area (Å²) in [6.07, 6.45) is 3.22. The minimum absolute atomic E-state index is 0.112. The van der Waals surface area contributed by atoms with Crippen LogP contribution in [0.3, 0.4) is 0 Å². The van der Waals surface area contributed by atoms with Gasteiger partial charge in [0.25, 0.3) is 5.91 Å². The molecule has 0 aliphatic carbocycles. The molecule has 1 aliphatic heterocycles. The molecule has 1 unspecified atom stereocenters. The van der Waals surface area contributed by atoms with Crippen molar-refractivity contribution in [2.24, 2.45) is 0 Å². The molecule has 2 heterocycles. The Morgan fingerprint density at radius 3 is 3.00 bits per heavy atom. The van der Waals surface area contributed by atoms with E-state index in [2.05, 4.69) is 11.4 Å². The van der Waals surface area contributed by atoms with Gasteiger partial charge in [0.15, 0.2) is 0 Å². The van der Waals surface area contributed by atoms with Gasteiger partial charge in [0.05, 0.1) is 7.11 Å². The number of hydrogen-bond acceptors (Lipinski definition) is 4. The first-order chi connectivity index (χ1) is 12.7. The summed E-state index contributed by atoms with van der Waals surface area (Å²) in [5.41, 5.74) is 1.83. The smallest absolute Gasteiger partial charge is 0.252 e. The van der Waals surface area contributed by atoms with Gasteiger partial charge in [-0.3, -0.25) is 9.59 Å². The van der Waals surface area contributed by atoms with E-state index in [1.54, 1.807) is 13.2 Å². The Hall–Kier alpha value is -2.34. The van der Waals surface area contributed by atoms with Crippen molar-refractivity contribution in [1.82, 2.24) is 10.2 Å². The zero-order chi connectivity index (χ0) is 18.4. The summed E-state index contributed by atoms with van der Waals surface area (Å²) in [7, 11) is 1.66. The molecule has 1 aromatic heterocycles. The SMILES string of the molecule is COc1cccc(CC2CCCN2C(=O)CCNC(=O)c2ccsc2)c1. The quantitative estimate of drug-likeness (QED) is 0.812. The molecule has 2 amide bonds. The number of nitrogens with one attached hydrogen (secondary N) is 1. The number of ether oxygens (including phenoxy) is 1. The number of nitrogens with zero attached hydrogens (tertiary/aromatic N) is 1. The van der Waals surface area contributed by atoms with E-state index in [0.717, 1.165) is 31.6 Å². The van der Waals surface area contributed by atoms with Crippen LogP contribution in [0.4, 0.5) is 0 Å². The average Bonchev–Trinajstić information content (AvgIpc) is 3.33. The van der Waals surface area contributed by atoms with E-state index in [1.807, 2.05) is 33.9 Å². The van der Waals surface area contributed by atoms with Crippen molar-refractivity contribution in [1.29, 1.82) is 0 Å². The zero-order valence-corrected chi connectivity index (χ0v) is 15.8. The fourth-order valence-corrected chi connectivity index (χ4v) is 4.01. The van der Waals surface area contributed by atoms with Crippen LogP contribution < -0.4 is 10.1 Å². The maximum absolute atomic E-state index is 12.6. The summed E-state index contributed by atoms with van der Waals surface area (Å²) in [5.74, 6) is 0.837. The van der Waals surface area contributed by atoms with E-state index in [9.17, 15) is 9.59 Å².